The molecule has 0 fully saturated rings. The van der Waals surface area contributed by atoms with Crippen molar-refractivity contribution in [3.63, 3.8) is 0 Å². The molecule has 0 N–H and O–H groups in total. The molecule has 0 spiro atoms. The van der Waals surface area contributed by atoms with Gasteiger partial charge in [0.25, 0.3) is 0 Å². The van der Waals surface area contributed by atoms with Crippen LogP contribution in [0.15, 0.2) is 108 Å². The Balaban J connectivity index is 1.92. The Morgan fingerprint density at radius 2 is 1.04 bits per heavy atom. The van der Waals surface area contributed by atoms with Gasteiger partial charge in [-0.15, -0.1) is 13.2 Å². The third-order valence-corrected chi connectivity index (χ3v) is 9.80. The van der Waals surface area contributed by atoms with Gasteiger partial charge in [0.15, 0.2) is 0 Å². The van der Waals surface area contributed by atoms with E-state index in [0.29, 0.717) is 63.3 Å². The molecule has 4 aromatic rings. The summed E-state index contributed by atoms with van der Waals surface area (Å²) in [4.78, 5) is 27.2. The van der Waals surface area contributed by atoms with E-state index >= 15 is 0 Å². The number of ether oxygens (including phenoxy) is 2. The first kappa shape index (κ1) is 34.7. The van der Waals surface area contributed by atoms with Gasteiger partial charge in [-0.05, 0) is 49.2 Å². The highest BCUT2D eigenvalue weighted by Crippen LogP contribution is 2.49. The van der Waals surface area contributed by atoms with Gasteiger partial charge < -0.3 is 9.47 Å². The second kappa shape index (κ2) is 15.9. The van der Waals surface area contributed by atoms with Crippen molar-refractivity contribution < 1.29 is 19.1 Å². The summed E-state index contributed by atoms with van der Waals surface area (Å²) < 4.78 is 10.7. The average molecular weight is 701 g/mol. The van der Waals surface area contributed by atoms with E-state index in [0.717, 1.165) is 0 Å². The van der Waals surface area contributed by atoms with Crippen LogP contribution < -0.4 is 0 Å². The van der Waals surface area contributed by atoms with Crippen LogP contribution in [0.5, 0.6) is 0 Å². The molecule has 45 heavy (non-hydrogen) atoms. The number of hydrogen-bond acceptors (Lipinski definition) is 5. The standard InChI is InChI=1S/C36H30Cl4O4S/c1-5-21(35(41)43-7-3)23-17-19-29(33(39)31(23)25-13-9-11-15-27(25)37)45-30-20-18-24(22(6-2)36(42)44-8-4)32(34(30)40)26-14-10-12-16-28(26)38/h5-6,9-22H,1-2,7-8H2,3-4H3. The van der Waals surface area contributed by atoms with Gasteiger partial charge in [-0.25, -0.2) is 0 Å². The maximum Gasteiger partial charge on any atom is 0.317 e. The second-order valence-corrected chi connectivity index (χ2v) is 12.3. The summed E-state index contributed by atoms with van der Waals surface area (Å²) in [7, 11) is 0. The van der Waals surface area contributed by atoms with Crippen molar-refractivity contribution in [2.75, 3.05) is 13.2 Å². The summed E-state index contributed by atoms with van der Waals surface area (Å²) >= 11 is 29.0. The smallest absolute Gasteiger partial charge is 0.317 e. The molecule has 4 aromatic carbocycles. The van der Waals surface area contributed by atoms with E-state index in [4.69, 9.17) is 55.9 Å². The molecule has 0 radical (unpaired) electrons. The molecule has 4 nitrogen and oxygen atoms in total. The first-order chi connectivity index (χ1) is 21.7. The van der Waals surface area contributed by atoms with Crippen LogP contribution in [0.3, 0.4) is 0 Å². The molecule has 2 unspecified atom stereocenters. The Morgan fingerprint density at radius 1 is 0.667 bits per heavy atom. The van der Waals surface area contributed by atoms with Gasteiger partial charge in [0.2, 0.25) is 0 Å². The predicted octanol–water partition coefficient (Wildman–Crippen LogP) is 11.5. The first-order valence-electron chi connectivity index (χ1n) is 14.1. The lowest BCUT2D eigenvalue weighted by Gasteiger charge is -2.22. The zero-order valence-electron chi connectivity index (χ0n) is 24.6. The maximum absolute atomic E-state index is 12.9. The van der Waals surface area contributed by atoms with E-state index in [9.17, 15) is 9.59 Å². The van der Waals surface area contributed by atoms with Gasteiger partial charge in [0.05, 0.1) is 23.3 Å². The van der Waals surface area contributed by atoms with Gasteiger partial charge >= 0.3 is 11.9 Å². The van der Waals surface area contributed by atoms with Crippen molar-refractivity contribution in [3.05, 3.63) is 129 Å². The normalized spacial score (nSPS) is 12.2. The minimum atomic E-state index is -0.777. The van der Waals surface area contributed by atoms with Crippen molar-refractivity contribution in [2.24, 2.45) is 0 Å². The summed E-state index contributed by atoms with van der Waals surface area (Å²) in [6.45, 7) is 11.7. The van der Waals surface area contributed by atoms with Gasteiger partial charge in [-0.1, -0.05) is 119 Å². The van der Waals surface area contributed by atoms with Crippen molar-refractivity contribution in [1.82, 2.24) is 0 Å². The molecule has 0 aliphatic rings. The molecular formula is C36H30Cl4O4S. The summed E-state index contributed by atoms with van der Waals surface area (Å²) in [5, 5.41) is 1.67. The van der Waals surface area contributed by atoms with Crippen LogP contribution in [0.4, 0.5) is 0 Å². The lowest BCUT2D eigenvalue weighted by molar-refractivity contribution is -0.144. The Kier molecular flexibility index (Phi) is 12.2. The van der Waals surface area contributed by atoms with Crippen LogP contribution in [0.2, 0.25) is 20.1 Å². The van der Waals surface area contributed by atoms with E-state index in [1.165, 1.54) is 23.9 Å². The molecule has 0 aromatic heterocycles. The number of esters is 2. The zero-order valence-corrected chi connectivity index (χ0v) is 28.5. The van der Waals surface area contributed by atoms with Crippen molar-refractivity contribution in [3.8, 4) is 22.3 Å². The summed E-state index contributed by atoms with van der Waals surface area (Å²) in [6, 6.07) is 21.8. The summed E-state index contributed by atoms with van der Waals surface area (Å²) in [6.07, 6.45) is 3.06. The predicted molar refractivity (Wildman–Crippen MR) is 187 cm³/mol. The minimum absolute atomic E-state index is 0.220. The molecule has 0 saturated carbocycles. The van der Waals surface area contributed by atoms with E-state index in [1.54, 1.807) is 26.0 Å². The monoisotopic (exact) mass is 698 g/mol. The Labute approximate surface area is 287 Å². The molecule has 0 amide bonds. The highest BCUT2D eigenvalue weighted by molar-refractivity contribution is 7.99. The molecule has 4 rings (SSSR count). The first-order valence-corrected chi connectivity index (χ1v) is 16.4. The van der Waals surface area contributed by atoms with Crippen LogP contribution in [0.25, 0.3) is 22.3 Å². The maximum atomic E-state index is 12.9. The van der Waals surface area contributed by atoms with Crippen molar-refractivity contribution in [1.29, 1.82) is 0 Å². The lowest BCUT2D eigenvalue weighted by Crippen LogP contribution is -2.15. The topological polar surface area (TPSA) is 52.6 Å². The number of carbonyl (C=O) groups excluding carboxylic acids is 2. The molecule has 0 bridgehead atoms. The molecular weight excluding hydrogens is 670 g/mol. The van der Waals surface area contributed by atoms with E-state index in [2.05, 4.69) is 13.2 Å². The van der Waals surface area contributed by atoms with Crippen molar-refractivity contribution in [2.45, 2.75) is 35.5 Å². The number of hydrogen-bond donors (Lipinski definition) is 0. The van der Waals surface area contributed by atoms with E-state index in [1.807, 2.05) is 60.7 Å². The highest BCUT2D eigenvalue weighted by Gasteiger charge is 2.28. The number of carbonyl (C=O) groups is 2. The zero-order chi connectivity index (χ0) is 32.7. The molecule has 0 saturated heterocycles. The van der Waals surface area contributed by atoms with E-state index < -0.39 is 23.8 Å². The second-order valence-electron chi connectivity index (χ2n) is 9.68. The lowest BCUT2D eigenvalue weighted by atomic mass is 9.90. The Hall–Kier alpha value is -3.19. The number of halogens is 4. The fraction of sp³-hybridized carbons (Fsp3) is 0.167. The summed E-state index contributed by atoms with van der Waals surface area (Å²) in [5.74, 6) is -2.44. The minimum Gasteiger partial charge on any atom is -0.465 e. The highest BCUT2D eigenvalue weighted by atomic mass is 35.5. The van der Waals surface area contributed by atoms with Gasteiger partial charge in [-0.2, -0.15) is 0 Å². The molecule has 0 heterocycles. The van der Waals surface area contributed by atoms with Gasteiger partial charge in [0, 0.05) is 42.1 Å². The average Bonchev–Trinajstić information content (AvgIpc) is 3.02. The third-order valence-electron chi connectivity index (χ3n) is 7.01. The number of benzene rings is 4. The molecule has 0 aliphatic heterocycles. The molecule has 232 valence electrons. The Bertz CT molecular complexity index is 1630. The van der Waals surface area contributed by atoms with Crippen LogP contribution in [0.1, 0.15) is 36.8 Å². The quantitative estimate of drug-likeness (QED) is 0.109. The number of rotatable bonds is 12. The SMILES string of the molecule is C=CC(C(=O)OCC)c1ccc(Sc2ccc(C(C=C)C(=O)OCC)c(-c3ccccc3Cl)c2Cl)c(Cl)c1-c1ccccc1Cl. The van der Waals surface area contributed by atoms with Crippen LogP contribution in [-0.2, 0) is 19.1 Å². The summed E-state index contributed by atoms with van der Waals surface area (Å²) in [5.41, 5.74) is 3.68. The fourth-order valence-corrected chi connectivity index (χ4v) is 7.11. The third kappa shape index (κ3) is 7.45. The van der Waals surface area contributed by atoms with E-state index in [-0.39, 0.29) is 13.2 Å². The van der Waals surface area contributed by atoms with Gasteiger partial charge in [0.1, 0.15) is 11.8 Å². The largest absolute Gasteiger partial charge is 0.465 e. The Morgan fingerprint density at radius 3 is 1.38 bits per heavy atom. The van der Waals surface area contributed by atoms with Crippen LogP contribution in [0, 0.1) is 0 Å². The molecule has 9 heteroatoms. The van der Waals surface area contributed by atoms with Gasteiger partial charge in [-0.3, -0.25) is 9.59 Å². The molecule has 2 atom stereocenters. The van der Waals surface area contributed by atoms with Crippen LogP contribution in [-0.4, -0.2) is 25.2 Å². The van der Waals surface area contributed by atoms with Crippen molar-refractivity contribution >= 4 is 70.1 Å². The molecule has 0 aliphatic carbocycles. The van der Waals surface area contributed by atoms with Crippen LogP contribution >= 0.6 is 58.2 Å². The fourth-order valence-electron chi connectivity index (χ4n) is 4.98.